The van der Waals surface area contributed by atoms with Gasteiger partial charge in [0.1, 0.15) is 12.0 Å². The second-order valence-electron chi connectivity index (χ2n) is 3.78. The lowest BCUT2D eigenvalue weighted by molar-refractivity contribution is -0.119. The number of thiocarbonyl (C=S) groups is 1. The van der Waals surface area contributed by atoms with Crippen molar-refractivity contribution in [3.8, 4) is 0 Å². The quantitative estimate of drug-likeness (QED) is 0.403. The van der Waals surface area contributed by atoms with Crippen LogP contribution in [0.3, 0.4) is 0 Å². The van der Waals surface area contributed by atoms with Gasteiger partial charge in [-0.3, -0.25) is 4.79 Å². The summed E-state index contributed by atoms with van der Waals surface area (Å²) in [4.78, 5) is 11.3. The molecule has 0 aliphatic heterocycles. The number of rotatable bonds is 4. The highest BCUT2D eigenvalue weighted by molar-refractivity contribution is 7.80. The highest BCUT2D eigenvalue weighted by Crippen LogP contribution is 2.29. The normalized spacial score (nSPS) is 12.4. The maximum absolute atomic E-state index is 11.3. The van der Waals surface area contributed by atoms with E-state index < -0.39 is 15.9 Å². The number of hydrogen-bond acceptors (Lipinski definition) is 2. The van der Waals surface area contributed by atoms with Crippen LogP contribution in [-0.2, 0) is 4.79 Å². The van der Waals surface area contributed by atoms with Crippen LogP contribution in [-0.4, -0.2) is 26.9 Å². The van der Waals surface area contributed by atoms with E-state index in [-0.39, 0.29) is 11.0 Å². The number of nitrogens with one attached hydrogen (secondary N) is 3. The highest BCUT2D eigenvalue weighted by Gasteiger charge is 2.34. The summed E-state index contributed by atoms with van der Waals surface area (Å²) in [5.74, 6) is -0.779. The number of carbonyl (C=O) groups excluding carboxylic acids is 1. The Hall–Kier alpha value is -0.170. The molecule has 0 aliphatic carbocycles. The van der Waals surface area contributed by atoms with Crippen LogP contribution in [0.4, 0.5) is 5.69 Å². The van der Waals surface area contributed by atoms with Crippen molar-refractivity contribution in [3.05, 3.63) is 29.3 Å². The Morgan fingerprint density at radius 3 is 2.48 bits per heavy atom. The molecule has 21 heavy (non-hydrogen) atoms. The maximum atomic E-state index is 11.3. The second-order valence-corrected chi connectivity index (χ2v) is 7.27. The Bertz CT molecular complexity index is 523. The number of halogens is 5. The Kier molecular flexibility index (Phi) is 7.60. The van der Waals surface area contributed by atoms with E-state index in [0.717, 1.165) is 0 Å². The van der Waals surface area contributed by atoms with E-state index in [9.17, 15) is 4.79 Å². The molecule has 0 unspecified atom stereocenters. The van der Waals surface area contributed by atoms with Gasteiger partial charge in [-0.2, -0.15) is 0 Å². The average molecular weight is 410 g/mol. The van der Waals surface area contributed by atoms with Gasteiger partial charge in [-0.1, -0.05) is 52.5 Å². The fourth-order valence-electron chi connectivity index (χ4n) is 1.26. The van der Waals surface area contributed by atoms with E-state index in [0.29, 0.717) is 10.7 Å². The maximum Gasteiger partial charge on any atom is 0.236 e. The zero-order chi connectivity index (χ0) is 16.0. The van der Waals surface area contributed by atoms with Gasteiger partial charge in [-0.05, 0) is 30.4 Å². The molecule has 1 atom stereocenters. The summed E-state index contributed by atoms with van der Waals surface area (Å²) in [7, 11) is 0. The predicted octanol–water partition coefficient (Wildman–Crippen LogP) is 3.68. The van der Waals surface area contributed by atoms with Crippen molar-refractivity contribution in [1.29, 1.82) is 0 Å². The minimum absolute atomic E-state index is 0.142. The third-order valence-corrected chi connectivity index (χ3v) is 3.46. The lowest BCUT2D eigenvalue weighted by Gasteiger charge is -2.27. The topological polar surface area (TPSA) is 53.2 Å². The molecular weight excluding hydrogens is 399 g/mol. The Morgan fingerprint density at radius 2 is 1.95 bits per heavy atom. The van der Waals surface area contributed by atoms with E-state index in [2.05, 4.69) is 16.0 Å². The first-order valence-electron chi connectivity index (χ1n) is 5.47. The van der Waals surface area contributed by atoms with Crippen molar-refractivity contribution < 1.29 is 4.79 Å². The summed E-state index contributed by atoms with van der Waals surface area (Å²) < 4.78 is -1.82. The molecule has 0 saturated heterocycles. The number of alkyl halides is 4. The molecule has 0 bridgehead atoms. The SMILES string of the molecule is O=C(CCl)N[C@H](NC(=S)Nc1cccc(Cl)c1)C(Cl)(Cl)Cl. The number of amides is 1. The molecule has 1 aromatic rings. The zero-order valence-corrected chi connectivity index (χ0v) is 14.9. The summed E-state index contributed by atoms with van der Waals surface area (Å²) in [6.07, 6.45) is -1.05. The Labute approximate surface area is 152 Å². The van der Waals surface area contributed by atoms with Crippen LogP contribution in [0.1, 0.15) is 0 Å². The lowest BCUT2D eigenvalue weighted by atomic mass is 10.3. The summed E-state index contributed by atoms with van der Waals surface area (Å²) in [5.41, 5.74) is 0.645. The molecule has 1 amide bonds. The molecule has 3 N–H and O–H groups in total. The average Bonchev–Trinajstić information content (AvgIpc) is 2.36. The minimum Gasteiger partial charge on any atom is -0.339 e. The lowest BCUT2D eigenvalue weighted by Crippen LogP contribution is -2.56. The molecule has 116 valence electrons. The van der Waals surface area contributed by atoms with Gasteiger partial charge in [-0.25, -0.2) is 0 Å². The van der Waals surface area contributed by atoms with Crippen molar-refractivity contribution in [3.63, 3.8) is 0 Å². The second kappa shape index (κ2) is 8.46. The first kappa shape index (κ1) is 18.9. The van der Waals surface area contributed by atoms with Crippen LogP contribution in [0, 0.1) is 0 Å². The third kappa shape index (κ3) is 7.08. The molecule has 0 fully saturated rings. The fraction of sp³-hybridized carbons (Fsp3) is 0.273. The number of hydrogen-bond donors (Lipinski definition) is 3. The molecule has 1 aromatic carbocycles. The van der Waals surface area contributed by atoms with Crippen LogP contribution >= 0.6 is 70.2 Å². The predicted molar refractivity (Wildman–Crippen MR) is 93.7 cm³/mol. The van der Waals surface area contributed by atoms with Crippen molar-refractivity contribution in [2.75, 3.05) is 11.2 Å². The molecule has 0 saturated carbocycles. The minimum atomic E-state index is -1.82. The molecule has 1 rings (SSSR count). The van der Waals surface area contributed by atoms with E-state index >= 15 is 0 Å². The molecule has 10 heteroatoms. The molecule has 4 nitrogen and oxygen atoms in total. The van der Waals surface area contributed by atoms with Gasteiger partial charge in [0.15, 0.2) is 5.11 Å². The monoisotopic (exact) mass is 407 g/mol. The van der Waals surface area contributed by atoms with Crippen LogP contribution in [0.5, 0.6) is 0 Å². The first-order valence-corrected chi connectivity index (χ1v) is 7.93. The van der Waals surface area contributed by atoms with Crippen LogP contribution < -0.4 is 16.0 Å². The highest BCUT2D eigenvalue weighted by atomic mass is 35.6. The fourth-order valence-corrected chi connectivity index (χ4v) is 2.09. The van der Waals surface area contributed by atoms with E-state index in [1.807, 2.05) is 0 Å². The van der Waals surface area contributed by atoms with Crippen molar-refractivity contribution in [1.82, 2.24) is 10.6 Å². The standard InChI is InChI=1S/C11H10Cl5N3OS/c12-5-8(20)18-9(11(14,15)16)19-10(21)17-7-3-1-2-6(13)4-7/h1-4,9H,5H2,(H,18,20)(H2,17,19,21)/t9-/m1/s1. The summed E-state index contributed by atoms with van der Waals surface area (Å²) in [6, 6.07) is 6.88. The number of benzene rings is 1. The smallest absolute Gasteiger partial charge is 0.236 e. The summed E-state index contributed by atoms with van der Waals surface area (Å²) >= 11 is 33.7. The van der Waals surface area contributed by atoms with E-state index in [1.165, 1.54) is 0 Å². The van der Waals surface area contributed by atoms with Gasteiger partial charge in [0.05, 0.1) is 0 Å². The van der Waals surface area contributed by atoms with Crippen LogP contribution in [0.25, 0.3) is 0 Å². The van der Waals surface area contributed by atoms with E-state index in [1.54, 1.807) is 24.3 Å². The molecule has 0 aliphatic rings. The van der Waals surface area contributed by atoms with Gasteiger partial charge in [-0.15, -0.1) is 11.6 Å². The Balaban J connectivity index is 2.70. The van der Waals surface area contributed by atoms with Gasteiger partial charge in [0, 0.05) is 10.7 Å². The zero-order valence-electron chi connectivity index (χ0n) is 10.3. The molecule has 0 radical (unpaired) electrons. The molecule has 0 heterocycles. The van der Waals surface area contributed by atoms with Gasteiger partial charge in [0.2, 0.25) is 9.70 Å². The van der Waals surface area contributed by atoms with Crippen molar-refractivity contribution >= 4 is 86.9 Å². The van der Waals surface area contributed by atoms with Gasteiger partial charge in [0.25, 0.3) is 0 Å². The molecule has 0 aromatic heterocycles. The van der Waals surface area contributed by atoms with Crippen LogP contribution in [0.2, 0.25) is 5.02 Å². The number of carbonyl (C=O) groups is 1. The van der Waals surface area contributed by atoms with E-state index in [4.69, 9.17) is 70.2 Å². The van der Waals surface area contributed by atoms with Gasteiger partial charge < -0.3 is 16.0 Å². The third-order valence-electron chi connectivity index (χ3n) is 2.11. The summed E-state index contributed by atoms with van der Waals surface area (Å²) in [6.45, 7) is 0. The Morgan fingerprint density at radius 1 is 1.29 bits per heavy atom. The van der Waals surface area contributed by atoms with Crippen molar-refractivity contribution in [2.45, 2.75) is 9.96 Å². The largest absolute Gasteiger partial charge is 0.339 e. The van der Waals surface area contributed by atoms with Crippen molar-refractivity contribution in [2.24, 2.45) is 0 Å². The first-order chi connectivity index (χ1) is 9.72. The summed E-state index contributed by atoms with van der Waals surface area (Å²) in [5, 5.41) is 8.62. The molecular formula is C11H10Cl5N3OS. The molecule has 0 spiro atoms. The van der Waals surface area contributed by atoms with Crippen LogP contribution in [0.15, 0.2) is 24.3 Å². The van der Waals surface area contributed by atoms with Gasteiger partial charge >= 0.3 is 0 Å². The number of anilines is 1.